The van der Waals surface area contributed by atoms with Gasteiger partial charge in [-0.1, -0.05) is 25.3 Å². The summed E-state index contributed by atoms with van der Waals surface area (Å²) in [6, 6.07) is 6.47. The van der Waals surface area contributed by atoms with Gasteiger partial charge in [0, 0.05) is 44.3 Å². The molecule has 3 aliphatic rings. The quantitative estimate of drug-likeness (QED) is 0.632. The second kappa shape index (κ2) is 11.5. The first-order valence-electron chi connectivity index (χ1n) is 12.8. The van der Waals surface area contributed by atoms with E-state index < -0.39 is 0 Å². The van der Waals surface area contributed by atoms with Crippen LogP contribution in [0.4, 0.5) is 0 Å². The van der Waals surface area contributed by atoms with Crippen molar-refractivity contribution in [2.45, 2.75) is 70.4 Å². The van der Waals surface area contributed by atoms with E-state index in [0.717, 1.165) is 49.5 Å². The van der Waals surface area contributed by atoms with E-state index in [-0.39, 0.29) is 0 Å². The van der Waals surface area contributed by atoms with Crippen molar-refractivity contribution in [3.63, 3.8) is 0 Å². The summed E-state index contributed by atoms with van der Waals surface area (Å²) in [4.78, 5) is 8.02. The molecule has 4 rings (SSSR count). The summed E-state index contributed by atoms with van der Waals surface area (Å²) in [6.07, 6.45) is 12.4. The highest BCUT2D eigenvalue weighted by atomic mass is 16.5. The van der Waals surface area contributed by atoms with Crippen LogP contribution in [0.15, 0.2) is 18.2 Å². The maximum Gasteiger partial charge on any atom is 0.127 e. The van der Waals surface area contributed by atoms with E-state index in [1.54, 1.807) is 13.2 Å². The van der Waals surface area contributed by atoms with Gasteiger partial charge < -0.3 is 19.6 Å². The minimum Gasteiger partial charge on any atom is -0.507 e. The van der Waals surface area contributed by atoms with Gasteiger partial charge in [-0.3, -0.25) is 4.90 Å². The molecule has 0 amide bonds. The average Bonchev–Trinajstić information content (AvgIpc) is 3.35. The Balaban J connectivity index is 1.41. The number of aromatic hydroxyl groups is 1. The largest absolute Gasteiger partial charge is 0.507 e. The number of hydrogen-bond donors (Lipinski definition) is 1. The summed E-state index contributed by atoms with van der Waals surface area (Å²) >= 11 is 0. The lowest BCUT2D eigenvalue weighted by molar-refractivity contribution is 0.0906. The fourth-order valence-corrected chi connectivity index (χ4v) is 6.04. The topological polar surface area (TPSA) is 39.2 Å². The van der Waals surface area contributed by atoms with Gasteiger partial charge in [0.05, 0.1) is 7.11 Å². The zero-order chi connectivity index (χ0) is 21.5. The van der Waals surface area contributed by atoms with Gasteiger partial charge in [0.15, 0.2) is 0 Å². The van der Waals surface area contributed by atoms with E-state index in [1.807, 2.05) is 12.1 Å². The normalized spacial score (nSPS) is 24.1. The molecule has 1 N–H and O–H groups in total. The van der Waals surface area contributed by atoms with Gasteiger partial charge >= 0.3 is 0 Å². The third-order valence-corrected chi connectivity index (χ3v) is 7.80. The number of phenols is 1. The highest BCUT2D eigenvalue weighted by Gasteiger charge is 2.29. The molecule has 0 aromatic heterocycles. The summed E-state index contributed by atoms with van der Waals surface area (Å²) in [5.74, 6) is 1.89. The molecule has 0 radical (unpaired) electrons. The number of phenolic OH excluding ortho intramolecular Hbond substituents is 1. The van der Waals surface area contributed by atoms with Crippen LogP contribution in [-0.4, -0.2) is 78.8 Å². The van der Waals surface area contributed by atoms with Gasteiger partial charge in [0.1, 0.15) is 11.5 Å². The predicted molar refractivity (Wildman–Crippen MR) is 127 cm³/mol. The van der Waals surface area contributed by atoms with Crippen LogP contribution in [0.3, 0.4) is 0 Å². The molecule has 1 aromatic rings. The second-order valence-electron chi connectivity index (χ2n) is 10.0. The molecule has 1 aromatic carbocycles. The number of nitrogens with zero attached hydrogens (tertiary/aromatic N) is 3. The van der Waals surface area contributed by atoms with E-state index in [0.29, 0.717) is 5.75 Å². The number of rotatable bonds is 9. The number of likely N-dealkylation sites (tertiary alicyclic amines) is 2. The average molecular weight is 430 g/mol. The van der Waals surface area contributed by atoms with Gasteiger partial charge in [-0.15, -0.1) is 0 Å². The number of ether oxygens (including phenoxy) is 1. The Morgan fingerprint density at radius 3 is 2.58 bits per heavy atom. The SMILES string of the molecule is COc1cccc(O)c1CN(CCN1CCCCC1)C[C@H]1CCCN(C2CCCC2)C1. The Morgan fingerprint density at radius 1 is 1.00 bits per heavy atom. The van der Waals surface area contributed by atoms with Crippen LogP contribution in [-0.2, 0) is 6.54 Å². The Hall–Kier alpha value is -1.30. The lowest BCUT2D eigenvalue weighted by atomic mass is 9.95. The molecular formula is C26H43N3O2. The monoisotopic (exact) mass is 429 g/mol. The Kier molecular flexibility index (Phi) is 8.51. The van der Waals surface area contributed by atoms with Crippen molar-refractivity contribution in [3.8, 4) is 11.5 Å². The van der Waals surface area contributed by atoms with Crippen LogP contribution < -0.4 is 4.74 Å². The minimum atomic E-state index is 0.360. The molecule has 174 valence electrons. The molecule has 31 heavy (non-hydrogen) atoms. The van der Waals surface area contributed by atoms with E-state index in [2.05, 4.69) is 14.7 Å². The number of methoxy groups -OCH3 is 1. The standard InChI is InChI=1S/C26H43N3O2/c1-31-26-13-7-12-25(30)24(26)21-28(18-17-27-14-5-2-6-15-27)19-22-9-8-16-29(20-22)23-10-3-4-11-23/h7,12-13,22-23,30H,2-6,8-11,14-21H2,1H3/t22-/m1/s1. The maximum atomic E-state index is 10.6. The van der Waals surface area contributed by atoms with Gasteiger partial charge in [-0.05, 0) is 76.2 Å². The molecule has 5 heteroatoms. The summed E-state index contributed by atoms with van der Waals surface area (Å²) in [5.41, 5.74) is 0.937. The van der Waals surface area contributed by atoms with Crippen molar-refractivity contribution in [2.75, 3.05) is 52.9 Å². The van der Waals surface area contributed by atoms with Crippen LogP contribution in [0.2, 0.25) is 0 Å². The van der Waals surface area contributed by atoms with E-state index in [1.165, 1.54) is 84.0 Å². The van der Waals surface area contributed by atoms with E-state index in [9.17, 15) is 5.11 Å². The zero-order valence-electron chi connectivity index (χ0n) is 19.6. The maximum absolute atomic E-state index is 10.6. The lowest BCUT2D eigenvalue weighted by Gasteiger charge is -2.39. The minimum absolute atomic E-state index is 0.360. The van der Waals surface area contributed by atoms with E-state index >= 15 is 0 Å². The third kappa shape index (κ3) is 6.36. The van der Waals surface area contributed by atoms with Crippen molar-refractivity contribution in [2.24, 2.45) is 5.92 Å². The first-order valence-corrected chi connectivity index (χ1v) is 12.8. The number of hydrogen-bond acceptors (Lipinski definition) is 5. The van der Waals surface area contributed by atoms with Crippen molar-refractivity contribution < 1.29 is 9.84 Å². The van der Waals surface area contributed by atoms with Gasteiger partial charge in [0.2, 0.25) is 0 Å². The molecule has 2 saturated heterocycles. The smallest absolute Gasteiger partial charge is 0.127 e. The van der Waals surface area contributed by atoms with Gasteiger partial charge in [0.25, 0.3) is 0 Å². The first kappa shape index (κ1) is 22.9. The van der Waals surface area contributed by atoms with Crippen molar-refractivity contribution in [1.82, 2.24) is 14.7 Å². The summed E-state index contributed by atoms with van der Waals surface area (Å²) < 4.78 is 5.59. The molecule has 0 bridgehead atoms. The second-order valence-corrected chi connectivity index (χ2v) is 10.0. The molecule has 0 unspecified atom stereocenters. The zero-order valence-corrected chi connectivity index (χ0v) is 19.6. The van der Waals surface area contributed by atoms with Gasteiger partial charge in [-0.2, -0.15) is 0 Å². The van der Waals surface area contributed by atoms with Crippen LogP contribution in [0.25, 0.3) is 0 Å². The molecular weight excluding hydrogens is 386 g/mol. The molecule has 2 aliphatic heterocycles. The van der Waals surface area contributed by atoms with E-state index in [4.69, 9.17) is 4.74 Å². The highest BCUT2D eigenvalue weighted by molar-refractivity contribution is 5.43. The van der Waals surface area contributed by atoms with Crippen molar-refractivity contribution >= 4 is 0 Å². The summed E-state index contributed by atoms with van der Waals surface area (Å²) in [6.45, 7) is 9.12. The van der Waals surface area contributed by atoms with Crippen LogP contribution in [0.5, 0.6) is 11.5 Å². The highest BCUT2D eigenvalue weighted by Crippen LogP contribution is 2.31. The molecule has 5 nitrogen and oxygen atoms in total. The summed E-state index contributed by atoms with van der Waals surface area (Å²) in [7, 11) is 1.71. The Morgan fingerprint density at radius 2 is 1.81 bits per heavy atom. The fourth-order valence-electron chi connectivity index (χ4n) is 6.04. The molecule has 1 aliphatic carbocycles. The summed E-state index contributed by atoms with van der Waals surface area (Å²) in [5, 5.41) is 10.6. The van der Waals surface area contributed by atoms with Gasteiger partial charge in [-0.25, -0.2) is 0 Å². The number of piperidine rings is 2. The fraction of sp³-hybridized carbons (Fsp3) is 0.769. The third-order valence-electron chi connectivity index (χ3n) is 7.80. The van der Waals surface area contributed by atoms with Crippen LogP contribution in [0, 0.1) is 5.92 Å². The van der Waals surface area contributed by atoms with Crippen molar-refractivity contribution in [1.29, 1.82) is 0 Å². The van der Waals surface area contributed by atoms with Crippen molar-refractivity contribution in [3.05, 3.63) is 23.8 Å². The first-order chi connectivity index (χ1) is 15.2. The lowest BCUT2D eigenvalue weighted by Crippen LogP contribution is -2.46. The van der Waals surface area contributed by atoms with Crippen LogP contribution >= 0.6 is 0 Å². The molecule has 3 fully saturated rings. The Labute approximate surface area is 189 Å². The Bertz CT molecular complexity index is 671. The number of benzene rings is 1. The molecule has 1 saturated carbocycles. The molecule has 2 heterocycles. The molecule has 0 spiro atoms. The van der Waals surface area contributed by atoms with Crippen LogP contribution in [0.1, 0.15) is 63.4 Å². The predicted octanol–water partition coefficient (Wildman–Crippen LogP) is 4.34. The molecule has 1 atom stereocenters.